The first-order valence-corrected chi connectivity index (χ1v) is 9.36. The number of rotatable bonds is 3. The summed E-state index contributed by atoms with van der Waals surface area (Å²) in [6, 6.07) is 7.46. The Hall–Kier alpha value is -2.01. The second-order valence-corrected chi connectivity index (χ2v) is 7.24. The van der Waals surface area contributed by atoms with Crippen molar-refractivity contribution in [2.75, 3.05) is 13.1 Å². The third-order valence-electron chi connectivity index (χ3n) is 5.09. The highest BCUT2D eigenvalue weighted by molar-refractivity contribution is 6.30. The van der Waals surface area contributed by atoms with Crippen LogP contribution in [0.25, 0.3) is 0 Å². The van der Waals surface area contributed by atoms with E-state index in [1.54, 1.807) is 0 Å². The molecule has 2 heterocycles. The third-order valence-corrected chi connectivity index (χ3v) is 5.32. The summed E-state index contributed by atoms with van der Waals surface area (Å²) in [5.41, 5.74) is 2.91. The second kappa shape index (κ2) is 7.08. The average molecular weight is 360 g/mol. The number of aromatic amines is 1. The fourth-order valence-corrected chi connectivity index (χ4v) is 3.90. The number of hydrogen-bond acceptors (Lipinski definition) is 3. The number of amides is 1. The number of aromatic nitrogens is 2. The fraction of sp³-hybridized carbons (Fsp3) is 0.474. The summed E-state index contributed by atoms with van der Waals surface area (Å²) in [6.07, 6.45) is 6.05. The van der Waals surface area contributed by atoms with Gasteiger partial charge in [0, 0.05) is 42.2 Å². The predicted octanol–water partition coefficient (Wildman–Crippen LogP) is 3.63. The number of benzene rings is 1. The van der Waals surface area contributed by atoms with Crippen molar-refractivity contribution in [2.45, 2.75) is 44.6 Å². The maximum absolute atomic E-state index is 12.8. The van der Waals surface area contributed by atoms with Gasteiger partial charge in [-0.1, -0.05) is 17.7 Å². The maximum Gasteiger partial charge on any atom is 0.274 e. The van der Waals surface area contributed by atoms with Crippen molar-refractivity contribution in [3.63, 3.8) is 0 Å². The molecular formula is C19H22ClN3O2. The molecular weight excluding hydrogens is 338 g/mol. The van der Waals surface area contributed by atoms with E-state index in [0.717, 1.165) is 49.1 Å². The van der Waals surface area contributed by atoms with Gasteiger partial charge in [-0.05, 0) is 43.9 Å². The van der Waals surface area contributed by atoms with E-state index in [0.29, 0.717) is 23.8 Å². The van der Waals surface area contributed by atoms with Gasteiger partial charge in [0.2, 0.25) is 0 Å². The molecule has 0 atom stereocenters. The molecule has 0 saturated carbocycles. The van der Waals surface area contributed by atoms with Gasteiger partial charge in [-0.2, -0.15) is 5.10 Å². The lowest BCUT2D eigenvalue weighted by Crippen LogP contribution is -2.42. The first-order chi connectivity index (χ1) is 12.2. The number of fused-ring (bicyclic) bond motifs is 1. The Bertz CT molecular complexity index is 766. The zero-order chi connectivity index (χ0) is 17.2. The zero-order valence-corrected chi connectivity index (χ0v) is 14.9. The predicted molar refractivity (Wildman–Crippen MR) is 96.2 cm³/mol. The molecule has 2 aromatic rings. The summed E-state index contributed by atoms with van der Waals surface area (Å²) in [7, 11) is 0. The van der Waals surface area contributed by atoms with Crippen LogP contribution in [0.4, 0.5) is 0 Å². The number of hydrogen-bond donors (Lipinski definition) is 1. The molecule has 1 aromatic carbocycles. The molecule has 1 aromatic heterocycles. The first-order valence-electron chi connectivity index (χ1n) is 8.98. The fourth-order valence-electron chi connectivity index (χ4n) is 3.72. The Morgan fingerprint density at radius 3 is 2.84 bits per heavy atom. The molecule has 1 saturated heterocycles. The summed E-state index contributed by atoms with van der Waals surface area (Å²) >= 11 is 6.00. The van der Waals surface area contributed by atoms with Crippen LogP contribution in [0.5, 0.6) is 5.75 Å². The molecule has 2 aliphatic rings. The topological polar surface area (TPSA) is 58.2 Å². The lowest BCUT2D eigenvalue weighted by atomic mass is 9.95. The van der Waals surface area contributed by atoms with E-state index in [1.807, 2.05) is 29.2 Å². The van der Waals surface area contributed by atoms with E-state index in [1.165, 1.54) is 6.42 Å². The number of nitrogens with zero attached hydrogens (tertiary/aromatic N) is 2. The van der Waals surface area contributed by atoms with Gasteiger partial charge in [0.05, 0.1) is 0 Å². The minimum absolute atomic E-state index is 0.0561. The Morgan fingerprint density at radius 1 is 1.24 bits per heavy atom. The largest absolute Gasteiger partial charge is 0.490 e. The van der Waals surface area contributed by atoms with Crippen molar-refractivity contribution in [1.29, 1.82) is 0 Å². The van der Waals surface area contributed by atoms with Crippen LogP contribution in [0.15, 0.2) is 24.3 Å². The van der Waals surface area contributed by atoms with E-state index < -0.39 is 0 Å². The highest BCUT2D eigenvalue weighted by Gasteiger charge is 2.29. The van der Waals surface area contributed by atoms with Crippen LogP contribution >= 0.6 is 11.6 Å². The molecule has 25 heavy (non-hydrogen) atoms. The van der Waals surface area contributed by atoms with E-state index in [2.05, 4.69) is 10.2 Å². The highest BCUT2D eigenvalue weighted by atomic mass is 35.5. The lowest BCUT2D eigenvalue weighted by molar-refractivity contribution is 0.0589. The van der Waals surface area contributed by atoms with Crippen molar-refractivity contribution in [1.82, 2.24) is 15.1 Å². The zero-order valence-electron chi connectivity index (χ0n) is 14.1. The van der Waals surface area contributed by atoms with Gasteiger partial charge in [0.1, 0.15) is 11.9 Å². The van der Waals surface area contributed by atoms with Crippen molar-refractivity contribution in [3.05, 3.63) is 46.2 Å². The number of piperidine rings is 1. The third kappa shape index (κ3) is 3.52. The Morgan fingerprint density at radius 2 is 2.04 bits per heavy atom. The van der Waals surface area contributed by atoms with Crippen LogP contribution in [-0.2, 0) is 12.8 Å². The maximum atomic E-state index is 12.8. The SMILES string of the molecule is O=C(c1n[nH]c2c1CCCC2)N1CCC(Oc2cccc(Cl)c2)CC1. The van der Waals surface area contributed by atoms with Crippen molar-refractivity contribution in [3.8, 4) is 5.75 Å². The number of carbonyl (C=O) groups excluding carboxylic acids is 1. The van der Waals surface area contributed by atoms with Gasteiger partial charge in [-0.25, -0.2) is 0 Å². The Kier molecular flexibility index (Phi) is 4.66. The summed E-state index contributed by atoms with van der Waals surface area (Å²) in [5, 5.41) is 8.04. The van der Waals surface area contributed by atoms with Crippen LogP contribution < -0.4 is 4.74 Å². The van der Waals surface area contributed by atoms with Gasteiger partial charge >= 0.3 is 0 Å². The quantitative estimate of drug-likeness (QED) is 0.910. The molecule has 1 aliphatic heterocycles. The van der Waals surface area contributed by atoms with Gasteiger partial charge < -0.3 is 9.64 Å². The number of carbonyl (C=O) groups is 1. The molecule has 132 valence electrons. The number of aryl methyl sites for hydroxylation is 1. The summed E-state index contributed by atoms with van der Waals surface area (Å²) in [5.74, 6) is 0.847. The van der Waals surface area contributed by atoms with E-state index in [4.69, 9.17) is 16.3 Å². The monoisotopic (exact) mass is 359 g/mol. The molecule has 0 spiro atoms. The van der Waals surface area contributed by atoms with E-state index in [9.17, 15) is 4.79 Å². The van der Waals surface area contributed by atoms with Crippen molar-refractivity contribution < 1.29 is 9.53 Å². The lowest BCUT2D eigenvalue weighted by Gasteiger charge is -2.32. The molecule has 1 N–H and O–H groups in total. The summed E-state index contributed by atoms with van der Waals surface area (Å²) in [6.45, 7) is 1.40. The van der Waals surface area contributed by atoms with Crippen LogP contribution in [-0.4, -0.2) is 40.2 Å². The van der Waals surface area contributed by atoms with Gasteiger partial charge in [-0.3, -0.25) is 9.89 Å². The molecule has 6 heteroatoms. The number of halogens is 1. The molecule has 1 amide bonds. The van der Waals surface area contributed by atoms with Crippen LogP contribution in [0.3, 0.4) is 0 Å². The minimum Gasteiger partial charge on any atom is -0.490 e. The van der Waals surface area contributed by atoms with Crippen LogP contribution in [0, 0.1) is 0 Å². The van der Waals surface area contributed by atoms with Crippen molar-refractivity contribution in [2.24, 2.45) is 0 Å². The smallest absolute Gasteiger partial charge is 0.274 e. The number of H-pyrrole nitrogens is 1. The van der Waals surface area contributed by atoms with Crippen LogP contribution in [0.1, 0.15) is 47.4 Å². The number of likely N-dealkylation sites (tertiary alicyclic amines) is 1. The number of nitrogens with one attached hydrogen (secondary N) is 1. The van der Waals surface area contributed by atoms with E-state index >= 15 is 0 Å². The molecule has 1 aliphatic carbocycles. The van der Waals surface area contributed by atoms with Crippen LogP contribution in [0.2, 0.25) is 5.02 Å². The van der Waals surface area contributed by atoms with Gasteiger partial charge in [0.15, 0.2) is 5.69 Å². The molecule has 0 bridgehead atoms. The van der Waals surface area contributed by atoms with Gasteiger partial charge in [0.25, 0.3) is 5.91 Å². The normalized spacial score (nSPS) is 18.0. The van der Waals surface area contributed by atoms with E-state index in [-0.39, 0.29) is 12.0 Å². The molecule has 4 rings (SSSR count). The Balaban J connectivity index is 1.37. The first kappa shape index (κ1) is 16.5. The number of ether oxygens (including phenoxy) is 1. The highest BCUT2D eigenvalue weighted by Crippen LogP contribution is 2.25. The molecule has 0 radical (unpaired) electrons. The summed E-state index contributed by atoms with van der Waals surface area (Å²) < 4.78 is 6.00. The minimum atomic E-state index is 0.0561. The average Bonchev–Trinajstić information content (AvgIpc) is 3.06. The second-order valence-electron chi connectivity index (χ2n) is 6.80. The van der Waals surface area contributed by atoms with Gasteiger partial charge in [-0.15, -0.1) is 0 Å². The van der Waals surface area contributed by atoms with Crippen molar-refractivity contribution >= 4 is 17.5 Å². The molecule has 0 unspecified atom stereocenters. The molecule has 1 fully saturated rings. The molecule has 5 nitrogen and oxygen atoms in total. The Labute approximate surface area is 152 Å². The summed E-state index contributed by atoms with van der Waals surface area (Å²) in [4.78, 5) is 14.7. The standard InChI is InChI=1S/C19H22ClN3O2/c20-13-4-3-5-15(12-13)25-14-8-10-23(11-9-14)19(24)18-16-6-1-2-7-17(16)21-22-18/h3-5,12,14H,1-2,6-11H2,(H,21,22).